The minimum Gasteiger partial charge on any atom is -0.326 e. The highest BCUT2D eigenvalue weighted by Gasteiger charge is 2.44. The van der Waals surface area contributed by atoms with E-state index in [2.05, 4.69) is 15.1 Å². The first-order valence-electron chi connectivity index (χ1n) is 11.5. The number of likely N-dealkylation sites (tertiary alicyclic amines) is 2. The molecule has 2 atom stereocenters. The molecule has 0 bridgehead atoms. The Bertz CT molecular complexity index is 971. The molecule has 5 rings (SSSR count). The standard InChI is InChI=1S/C23H29N5O4/c24-15-5-10-27(13-15)16-6-8-26(9-7-16)12-14-1-2-17-18(11-14)23(32)28(22(17)31)19-3-4-20(29)25-21(19)30/h1-2,11,15-16,19H,3-10,12-13,24H2,(H,25,29,30)/t15-,19?/m1/s1. The average molecular weight is 440 g/mol. The molecule has 4 aliphatic rings. The number of nitrogens with two attached hydrogens (primary N) is 1. The predicted molar refractivity (Wildman–Crippen MR) is 116 cm³/mol. The zero-order chi connectivity index (χ0) is 22.4. The van der Waals surface area contributed by atoms with Gasteiger partial charge in [-0.15, -0.1) is 0 Å². The molecule has 0 radical (unpaired) electrons. The van der Waals surface area contributed by atoms with Gasteiger partial charge in [0.05, 0.1) is 11.1 Å². The number of fused-ring (bicyclic) bond motifs is 1. The van der Waals surface area contributed by atoms with Crippen LogP contribution in [0, 0.1) is 0 Å². The quantitative estimate of drug-likeness (QED) is 0.639. The summed E-state index contributed by atoms with van der Waals surface area (Å²) in [6.45, 7) is 4.79. The van der Waals surface area contributed by atoms with Gasteiger partial charge in [0.1, 0.15) is 6.04 Å². The Hall–Kier alpha value is -2.62. The van der Waals surface area contributed by atoms with Crippen LogP contribution in [0.5, 0.6) is 0 Å². The molecule has 32 heavy (non-hydrogen) atoms. The van der Waals surface area contributed by atoms with Gasteiger partial charge in [-0.3, -0.25) is 39.2 Å². The minimum atomic E-state index is -0.929. The minimum absolute atomic E-state index is 0.119. The highest BCUT2D eigenvalue weighted by molar-refractivity contribution is 6.23. The molecule has 3 saturated heterocycles. The van der Waals surface area contributed by atoms with Gasteiger partial charge in [-0.2, -0.15) is 0 Å². The molecule has 1 unspecified atom stereocenters. The normalized spacial score (nSPS) is 27.8. The second kappa shape index (κ2) is 8.38. The summed E-state index contributed by atoms with van der Waals surface area (Å²) < 4.78 is 0. The number of amides is 4. The lowest BCUT2D eigenvalue weighted by atomic mass is 10.0. The number of carbonyl (C=O) groups excluding carboxylic acids is 4. The first kappa shape index (κ1) is 21.2. The van der Waals surface area contributed by atoms with Crippen molar-refractivity contribution in [2.24, 2.45) is 5.73 Å². The molecule has 4 heterocycles. The van der Waals surface area contributed by atoms with Crippen LogP contribution in [0.15, 0.2) is 18.2 Å². The summed E-state index contributed by atoms with van der Waals surface area (Å²) in [5.74, 6) is -1.87. The second-order valence-corrected chi connectivity index (χ2v) is 9.38. The van der Waals surface area contributed by atoms with Crippen molar-refractivity contribution in [1.82, 2.24) is 20.0 Å². The summed E-state index contributed by atoms with van der Waals surface area (Å²) in [5.41, 5.74) is 7.71. The Morgan fingerprint density at radius 1 is 0.938 bits per heavy atom. The number of piperidine rings is 2. The maximum atomic E-state index is 13.0. The molecular weight excluding hydrogens is 410 g/mol. The number of hydrogen-bond acceptors (Lipinski definition) is 7. The molecule has 4 amide bonds. The van der Waals surface area contributed by atoms with Gasteiger partial charge in [-0.25, -0.2) is 0 Å². The second-order valence-electron chi connectivity index (χ2n) is 9.38. The van der Waals surface area contributed by atoms with E-state index in [9.17, 15) is 19.2 Å². The smallest absolute Gasteiger partial charge is 0.262 e. The highest BCUT2D eigenvalue weighted by atomic mass is 16.2. The number of rotatable bonds is 4. The van der Waals surface area contributed by atoms with Gasteiger partial charge in [0.15, 0.2) is 0 Å². The van der Waals surface area contributed by atoms with Gasteiger partial charge in [-0.05, 0) is 56.5 Å². The van der Waals surface area contributed by atoms with E-state index in [0.29, 0.717) is 23.2 Å². The summed E-state index contributed by atoms with van der Waals surface area (Å²) in [6, 6.07) is 5.34. The fourth-order valence-corrected chi connectivity index (χ4v) is 5.46. The SMILES string of the molecule is N[C@@H]1CCN(C2CCN(Cc3ccc4c(c3)C(=O)N(C3CCC(=O)NC3=O)C4=O)CC2)C1. The molecule has 3 N–H and O–H groups in total. The molecule has 3 fully saturated rings. The molecule has 9 heteroatoms. The third-order valence-corrected chi connectivity index (χ3v) is 7.24. The molecule has 0 spiro atoms. The van der Waals surface area contributed by atoms with Crippen molar-refractivity contribution >= 4 is 23.6 Å². The Labute approximate surface area is 186 Å². The van der Waals surface area contributed by atoms with Crippen LogP contribution >= 0.6 is 0 Å². The van der Waals surface area contributed by atoms with Gasteiger partial charge in [0.2, 0.25) is 11.8 Å². The predicted octanol–water partition coefficient (Wildman–Crippen LogP) is 0.0852. The third kappa shape index (κ3) is 3.85. The van der Waals surface area contributed by atoms with E-state index in [1.54, 1.807) is 12.1 Å². The average Bonchev–Trinajstić information content (AvgIpc) is 3.31. The topological polar surface area (TPSA) is 116 Å². The van der Waals surface area contributed by atoms with Crippen molar-refractivity contribution in [3.63, 3.8) is 0 Å². The van der Waals surface area contributed by atoms with E-state index in [-0.39, 0.29) is 18.7 Å². The van der Waals surface area contributed by atoms with Crippen molar-refractivity contribution in [2.45, 2.75) is 56.8 Å². The summed E-state index contributed by atoms with van der Waals surface area (Å²) >= 11 is 0. The maximum Gasteiger partial charge on any atom is 0.262 e. The number of imide groups is 2. The van der Waals surface area contributed by atoms with Crippen molar-refractivity contribution in [3.05, 3.63) is 34.9 Å². The lowest BCUT2D eigenvalue weighted by Gasteiger charge is -2.36. The van der Waals surface area contributed by atoms with E-state index in [0.717, 1.165) is 62.4 Å². The van der Waals surface area contributed by atoms with E-state index in [1.807, 2.05) is 6.07 Å². The molecule has 0 aromatic heterocycles. The van der Waals surface area contributed by atoms with Gasteiger partial charge >= 0.3 is 0 Å². The van der Waals surface area contributed by atoms with E-state index in [4.69, 9.17) is 5.73 Å². The number of nitrogens with one attached hydrogen (secondary N) is 1. The lowest BCUT2D eigenvalue weighted by Crippen LogP contribution is -2.54. The van der Waals surface area contributed by atoms with Crippen LogP contribution in [-0.4, -0.2) is 82.6 Å². The van der Waals surface area contributed by atoms with Crippen LogP contribution in [-0.2, 0) is 16.1 Å². The Morgan fingerprint density at radius 3 is 2.38 bits per heavy atom. The molecule has 1 aromatic carbocycles. The Kier molecular flexibility index (Phi) is 5.56. The van der Waals surface area contributed by atoms with Crippen molar-refractivity contribution < 1.29 is 19.2 Å². The monoisotopic (exact) mass is 439 g/mol. The zero-order valence-electron chi connectivity index (χ0n) is 18.1. The fourth-order valence-electron chi connectivity index (χ4n) is 5.46. The summed E-state index contributed by atoms with van der Waals surface area (Å²) in [6.07, 6.45) is 3.59. The van der Waals surface area contributed by atoms with E-state index >= 15 is 0 Å². The van der Waals surface area contributed by atoms with Crippen LogP contribution in [0.1, 0.15) is 58.4 Å². The number of benzene rings is 1. The summed E-state index contributed by atoms with van der Waals surface area (Å²) in [4.78, 5) is 55.4. The summed E-state index contributed by atoms with van der Waals surface area (Å²) in [5, 5.41) is 2.22. The first-order valence-corrected chi connectivity index (χ1v) is 11.5. The first-order chi connectivity index (χ1) is 15.4. The molecule has 4 aliphatic heterocycles. The van der Waals surface area contributed by atoms with Gasteiger partial charge in [0.25, 0.3) is 11.8 Å². The Balaban J connectivity index is 1.23. The number of carbonyl (C=O) groups is 4. The zero-order valence-corrected chi connectivity index (χ0v) is 18.1. The highest BCUT2D eigenvalue weighted by Crippen LogP contribution is 2.29. The number of hydrogen-bond donors (Lipinski definition) is 2. The van der Waals surface area contributed by atoms with E-state index in [1.165, 1.54) is 0 Å². The molecule has 0 saturated carbocycles. The van der Waals surface area contributed by atoms with Crippen LogP contribution in [0.3, 0.4) is 0 Å². The van der Waals surface area contributed by atoms with Crippen molar-refractivity contribution in [1.29, 1.82) is 0 Å². The third-order valence-electron chi connectivity index (χ3n) is 7.24. The largest absolute Gasteiger partial charge is 0.326 e. The van der Waals surface area contributed by atoms with E-state index < -0.39 is 23.8 Å². The van der Waals surface area contributed by atoms with Gasteiger partial charge in [0, 0.05) is 38.1 Å². The van der Waals surface area contributed by atoms with Gasteiger partial charge < -0.3 is 5.73 Å². The van der Waals surface area contributed by atoms with Crippen molar-refractivity contribution in [2.75, 3.05) is 26.2 Å². The molecule has 9 nitrogen and oxygen atoms in total. The fraction of sp³-hybridized carbons (Fsp3) is 0.565. The summed E-state index contributed by atoms with van der Waals surface area (Å²) in [7, 11) is 0. The van der Waals surface area contributed by atoms with Crippen LogP contribution in [0.25, 0.3) is 0 Å². The van der Waals surface area contributed by atoms with Crippen LogP contribution < -0.4 is 11.1 Å². The van der Waals surface area contributed by atoms with Crippen LogP contribution in [0.4, 0.5) is 0 Å². The molecular formula is C23H29N5O4. The molecule has 170 valence electrons. The lowest BCUT2D eigenvalue weighted by molar-refractivity contribution is -0.136. The molecule has 1 aromatic rings. The van der Waals surface area contributed by atoms with Crippen molar-refractivity contribution in [3.8, 4) is 0 Å². The van der Waals surface area contributed by atoms with Crippen LogP contribution in [0.2, 0.25) is 0 Å². The molecule has 0 aliphatic carbocycles. The number of nitrogens with zero attached hydrogens (tertiary/aromatic N) is 3. The van der Waals surface area contributed by atoms with Gasteiger partial charge in [-0.1, -0.05) is 6.07 Å². The maximum absolute atomic E-state index is 13.0. The Morgan fingerprint density at radius 2 is 1.69 bits per heavy atom.